The molecule has 0 aromatic heterocycles. The summed E-state index contributed by atoms with van der Waals surface area (Å²) in [6, 6.07) is 0. The summed E-state index contributed by atoms with van der Waals surface area (Å²) in [6.07, 6.45) is -30.2. The molecule has 140 valence electrons. The van der Waals surface area contributed by atoms with Crippen LogP contribution in [0.25, 0.3) is 0 Å². The fourth-order valence-corrected chi connectivity index (χ4v) is 1.47. The van der Waals surface area contributed by atoms with Gasteiger partial charge in [0.25, 0.3) is 11.3 Å². The lowest BCUT2D eigenvalue weighted by Crippen LogP contribution is -2.63. The Balaban J connectivity index is 5.94. The molecule has 0 heterocycles. The molecule has 0 rings (SSSR count). The Labute approximate surface area is 121 Å². The van der Waals surface area contributed by atoms with Gasteiger partial charge in [-0.05, 0) is 12.8 Å². The van der Waals surface area contributed by atoms with Crippen LogP contribution in [0.2, 0.25) is 0 Å². The summed E-state index contributed by atoms with van der Waals surface area (Å²) in [5.74, 6) is 0. The van der Waals surface area contributed by atoms with E-state index >= 15 is 0 Å². The Morgan fingerprint density at radius 1 is 0.522 bits per heavy atom. The molecule has 0 aromatic rings. The van der Waals surface area contributed by atoms with Gasteiger partial charge in [0.1, 0.15) is 0 Å². The van der Waals surface area contributed by atoms with Gasteiger partial charge in [0, 0.05) is 0 Å². The first-order chi connectivity index (χ1) is 9.83. The third-order valence-electron chi connectivity index (χ3n) is 3.05. The zero-order valence-corrected chi connectivity index (χ0v) is 11.4. The minimum absolute atomic E-state index is 0.162. The van der Waals surface area contributed by atoms with Crippen LogP contribution in [-0.4, -0.2) is 35.9 Å². The average molecular weight is 374 g/mol. The van der Waals surface area contributed by atoms with Crippen LogP contribution in [0.3, 0.4) is 0 Å². The number of rotatable bonds is 6. The molecule has 0 fully saturated rings. The van der Waals surface area contributed by atoms with Crippen molar-refractivity contribution in [1.29, 1.82) is 0 Å². The maximum atomic E-state index is 13.4. The van der Waals surface area contributed by atoms with Crippen LogP contribution in [0.1, 0.15) is 26.7 Å². The summed E-state index contributed by atoms with van der Waals surface area (Å²) in [4.78, 5) is 0. The second-order valence-corrected chi connectivity index (χ2v) is 4.44. The third kappa shape index (κ3) is 3.48. The molecule has 0 aliphatic heterocycles. The fraction of sp³-hybridized carbons (Fsp3) is 1.00. The van der Waals surface area contributed by atoms with Crippen LogP contribution in [0.15, 0.2) is 0 Å². The molecule has 0 aliphatic carbocycles. The van der Waals surface area contributed by atoms with Crippen molar-refractivity contribution in [2.75, 3.05) is 0 Å². The minimum atomic E-state index is -6.48. The van der Waals surface area contributed by atoms with Gasteiger partial charge in [-0.2, -0.15) is 43.9 Å². The highest BCUT2D eigenvalue weighted by Gasteiger charge is 2.78. The smallest absolute Gasteiger partial charge is 0.250 e. The minimum Gasteiger partial charge on any atom is -0.250 e. The average Bonchev–Trinajstić information content (AvgIpc) is 2.31. The summed E-state index contributed by atoms with van der Waals surface area (Å²) in [5, 5.41) is 0. The van der Waals surface area contributed by atoms with Gasteiger partial charge in [0.05, 0.1) is 0 Å². The molecule has 23 heavy (non-hydrogen) atoms. The standard InChI is InChI=1S/C10H10F12O/c1-3-5(11,7(13,14)15)9(19,20)23-10(21,22)6(12,4-2)8(16,17)18/h3-4H2,1-2H3. The van der Waals surface area contributed by atoms with Crippen molar-refractivity contribution in [3.8, 4) is 0 Å². The first kappa shape index (κ1) is 22.1. The molecule has 0 aliphatic rings. The summed E-state index contributed by atoms with van der Waals surface area (Å²) in [7, 11) is 0. The molecule has 0 amide bonds. The van der Waals surface area contributed by atoms with Gasteiger partial charge in [-0.15, -0.1) is 0 Å². The maximum absolute atomic E-state index is 13.4. The van der Waals surface area contributed by atoms with Crippen molar-refractivity contribution in [2.45, 2.75) is 62.6 Å². The molecular weight excluding hydrogens is 364 g/mol. The second-order valence-electron chi connectivity index (χ2n) is 4.44. The maximum Gasteiger partial charge on any atom is 0.431 e. The number of hydrogen-bond acceptors (Lipinski definition) is 1. The van der Waals surface area contributed by atoms with E-state index in [0.717, 1.165) is 0 Å². The Bertz CT molecular complexity index is 375. The van der Waals surface area contributed by atoms with Crippen molar-refractivity contribution in [1.82, 2.24) is 0 Å². The van der Waals surface area contributed by atoms with E-state index in [9.17, 15) is 52.7 Å². The van der Waals surface area contributed by atoms with E-state index in [1.54, 1.807) is 0 Å². The van der Waals surface area contributed by atoms with Gasteiger partial charge in [0.15, 0.2) is 0 Å². The van der Waals surface area contributed by atoms with E-state index in [1.807, 2.05) is 0 Å². The molecule has 0 saturated carbocycles. The van der Waals surface area contributed by atoms with E-state index in [0.29, 0.717) is 0 Å². The van der Waals surface area contributed by atoms with Gasteiger partial charge in [-0.1, -0.05) is 13.8 Å². The highest BCUT2D eigenvalue weighted by Crippen LogP contribution is 2.54. The first-order valence-electron chi connectivity index (χ1n) is 5.80. The van der Waals surface area contributed by atoms with Gasteiger partial charge in [-0.3, -0.25) is 0 Å². The van der Waals surface area contributed by atoms with Crippen LogP contribution in [0.4, 0.5) is 52.7 Å². The zero-order chi connectivity index (χ0) is 19.1. The second kappa shape index (κ2) is 5.88. The van der Waals surface area contributed by atoms with Crippen molar-refractivity contribution in [3.05, 3.63) is 0 Å². The van der Waals surface area contributed by atoms with Crippen molar-refractivity contribution in [3.63, 3.8) is 0 Å². The van der Waals surface area contributed by atoms with Crippen LogP contribution in [-0.2, 0) is 4.74 Å². The molecule has 0 aromatic carbocycles. The topological polar surface area (TPSA) is 9.23 Å². The highest BCUT2D eigenvalue weighted by molar-refractivity contribution is 4.99. The highest BCUT2D eigenvalue weighted by atomic mass is 19.4. The predicted molar refractivity (Wildman–Crippen MR) is 51.3 cm³/mol. The Kier molecular flexibility index (Phi) is 5.66. The fourth-order valence-electron chi connectivity index (χ4n) is 1.47. The summed E-state index contributed by atoms with van der Waals surface area (Å²) >= 11 is 0. The molecular formula is C10H10F12O. The lowest BCUT2D eigenvalue weighted by molar-refractivity contribution is -0.482. The zero-order valence-electron chi connectivity index (χ0n) is 11.4. The molecule has 13 heteroatoms. The molecule has 0 radical (unpaired) electrons. The number of hydrogen-bond donors (Lipinski definition) is 0. The van der Waals surface area contributed by atoms with Crippen LogP contribution in [0, 0.1) is 0 Å². The quantitative estimate of drug-likeness (QED) is 0.554. The molecule has 0 bridgehead atoms. The van der Waals surface area contributed by atoms with Crippen LogP contribution < -0.4 is 0 Å². The summed E-state index contributed by atoms with van der Waals surface area (Å²) < 4.78 is 155. The predicted octanol–water partition coefficient (Wildman–Crippen LogP) is 5.55. The van der Waals surface area contributed by atoms with Crippen LogP contribution >= 0.6 is 0 Å². The summed E-state index contributed by atoms with van der Waals surface area (Å²) in [6.45, 7) is 0.324. The van der Waals surface area contributed by atoms with Gasteiger partial charge < -0.3 is 0 Å². The van der Waals surface area contributed by atoms with Crippen molar-refractivity contribution < 1.29 is 57.4 Å². The Morgan fingerprint density at radius 3 is 0.870 bits per heavy atom. The van der Waals surface area contributed by atoms with Crippen molar-refractivity contribution >= 4 is 0 Å². The van der Waals surface area contributed by atoms with E-state index in [4.69, 9.17) is 0 Å². The molecule has 1 nitrogen and oxygen atoms in total. The first-order valence-corrected chi connectivity index (χ1v) is 5.80. The molecule has 0 saturated heterocycles. The SMILES string of the molecule is CCC(F)(C(F)(F)F)C(F)(F)OC(F)(F)C(F)(CC)C(F)(F)F. The summed E-state index contributed by atoms with van der Waals surface area (Å²) in [5.41, 5.74) is -11.5. The third-order valence-corrected chi connectivity index (χ3v) is 3.05. The van der Waals surface area contributed by atoms with E-state index in [-0.39, 0.29) is 13.8 Å². The van der Waals surface area contributed by atoms with Crippen molar-refractivity contribution in [2.24, 2.45) is 0 Å². The normalized spacial score (nSPS) is 20.1. The lowest BCUT2D eigenvalue weighted by atomic mass is 9.98. The monoisotopic (exact) mass is 374 g/mol. The largest absolute Gasteiger partial charge is 0.431 e. The van der Waals surface area contributed by atoms with Gasteiger partial charge in [0.2, 0.25) is 0 Å². The van der Waals surface area contributed by atoms with E-state index in [2.05, 4.69) is 4.74 Å². The Hall–Kier alpha value is -0.880. The number of alkyl halides is 12. The van der Waals surface area contributed by atoms with Gasteiger partial charge in [-0.25, -0.2) is 13.5 Å². The number of ether oxygens (including phenoxy) is 1. The van der Waals surface area contributed by atoms with Crippen LogP contribution in [0.5, 0.6) is 0 Å². The number of halogens is 12. The molecule has 0 N–H and O–H groups in total. The van der Waals surface area contributed by atoms with E-state index < -0.39 is 48.7 Å². The molecule has 2 unspecified atom stereocenters. The Morgan fingerprint density at radius 2 is 0.739 bits per heavy atom. The lowest BCUT2D eigenvalue weighted by Gasteiger charge is -2.39. The molecule has 0 spiro atoms. The van der Waals surface area contributed by atoms with Gasteiger partial charge >= 0.3 is 24.6 Å². The molecule has 2 atom stereocenters. The van der Waals surface area contributed by atoms with E-state index in [1.165, 1.54) is 0 Å².